The number of unbranched alkanes of at least 4 members (excludes halogenated alkanes) is 3. The van der Waals surface area contributed by atoms with Crippen molar-refractivity contribution in [3.63, 3.8) is 0 Å². The summed E-state index contributed by atoms with van der Waals surface area (Å²) in [4.78, 5) is 15.2. The van der Waals surface area contributed by atoms with Crippen LogP contribution in [0.4, 0.5) is 0 Å². The van der Waals surface area contributed by atoms with Crippen molar-refractivity contribution in [2.45, 2.75) is 106 Å². The fraction of sp³-hybridized carbons (Fsp3) is 0.870. The van der Waals surface area contributed by atoms with E-state index in [1.54, 1.807) is 0 Å². The van der Waals surface area contributed by atoms with E-state index in [1.165, 1.54) is 57.4 Å². The third-order valence-electron chi connectivity index (χ3n) is 5.90. The molecule has 1 fully saturated rings. The third-order valence-corrected chi connectivity index (χ3v) is 20.1. The van der Waals surface area contributed by atoms with Crippen molar-refractivity contribution >= 4 is 24.3 Å². The van der Waals surface area contributed by atoms with Gasteiger partial charge in [0.25, 0.3) is 0 Å². The van der Waals surface area contributed by atoms with E-state index in [4.69, 9.17) is 0 Å². The van der Waals surface area contributed by atoms with Gasteiger partial charge in [0.2, 0.25) is 0 Å². The van der Waals surface area contributed by atoms with Gasteiger partial charge in [0.05, 0.1) is 0 Å². The van der Waals surface area contributed by atoms with Crippen molar-refractivity contribution in [2.75, 3.05) is 6.54 Å². The van der Waals surface area contributed by atoms with E-state index in [1.807, 2.05) is 0 Å². The summed E-state index contributed by atoms with van der Waals surface area (Å²) in [5, 5.41) is 0. The molecule has 0 aromatic carbocycles. The zero-order chi connectivity index (χ0) is 19.7. The average molecular weight is 470 g/mol. The van der Waals surface area contributed by atoms with E-state index in [2.05, 4.69) is 57.5 Å². The predicted molar refractivity (Wildman–Crippen MR) is 118 cm³/mol. The topological polar surface area (TPSA) is 20.3 Å². The van der Waals surface area contributed by atoms with Crippen LogP contribution >= 0.6 is 0 Å². The fourth-order valence-electron chi connectivity index (χ4n) is 4.48. The van der Waals surface area contributed by atoms with Crippen molar-refractivity contribution in [1.82, 2.24) is 4.90 Å². The van der Waals surface area contributed by atoms with Gasteiger partial charge in [0.15, 0.2) is 0 Å². The van der Waals surface area contributed by atoms with Crippen LogP contribution in [-0.4, -0.2) is 41.8 Å². The van der Waals surface area contributed by atoms with Crippen LogP contribution in [0, 0.1) is 11.8 Å². The SMILES string of the molecule is CCC[CH2][Sn](/[CH]=C1\C(=O)N(CC(C)C)C1C(C)C)([CH2]CCC)[CH2]CCC. The summed E-state index contributed by atoms with van der Waals surface area (Å²) in [6.45, 7) is 16.9. The van der Waals surface area contributed by atoms with Crippen LogP contribution in [0.1, 0.15) is 87.0 Å². The van der Waals surface area contributed by atoms with Crippen molar-refractivity contribution < 1.29 is 4.79 Å². The Morgan fingerprint density at radius 1 is 0.923 bits per heavy atom. The van der Waals surface area contributed by atoms with Gasteiger partial charge in [-0.1, -0.05) is 0 Å². The minimum atomic E-state index is -2.39. The van der Waals surface area contributed by atoms with Gasteiger partial charge >= 0.3 is 168 Å². The summed E-state index contributed by atoms with van der Waals surface area (Å²) in [5.74, 6) is 1.45. The summed E-state index contributed by atoms with van der Waals surface area (Å²) in [6, 6.07) is 0.380. The number of β-lactam (4-membered cyclic amide) rings is 1. The van der Waals surface area contributed by atoms with Gasteiger partial charge < -0.3 is 0 Å². The zero-order valence-electron chi connectivity index (χ0n) is 18.7. The number of likely N-dealkylation sites (tertiary alicyclic amines) is 1. The predicted octanol–water partition coefficient (Wildman–Crippen LogP) is 6.82. The molecule has 0 N–H and O–H groups in total. The van der Waals surface area contributed by atoms with Crippen LogP contribution in [0.2, 0.25) is 13.3 Å². The fourth-order valence-corrected chi connectivity index (χ4v) is 19.6. The molecule has 0 spiro atoms. The molecule has 1 amide bonds. The Hall–Kier alpha value is 0.00870. The first-order chi connectivity index (χ1) is 12.3. The number of carbonyl (C=O) groups excluding carboxylic acids is 1. The van der Waals surface area contributed by atoms with Gasteiger partial charge in [-0.25, -0.2) is 0 Å². The Morgan fingerprint density at radius 2 is 1.38 bits per heavy atom. The molecule has 0 aliphatic carbocycles. The third kappa shape index (κ3) is 6.56. The summed E-state index contributed by atoms with van der Waals surface area (Å²) < 4.78 is 7.05. The molecule has 1 aliphatic rings. The normalized spacial score (nSPS) is 19.7. The van der Waals surface area contributed by atoms with Crippen molar-refractivity contribution in [1.29, 1.82) is 0 Å². The first-order valence-electron chi connectivity index (χ1n) is 11.4. The number of nitrogens with zero attached hydrogens (tertiary/aromatic N) is 1. The van der Waals surface area contributed by atoms with Gasteiger partial charge in [0.1, 0.15) is 0 Å². The molecule has 0 aromatic rings. The molecule has 1 saturated heterocycles. The number of hydrogen-bond donors (Lipinski definition) is 0. The van der Waals surface area contributed by atoms with Crippen LogP contribution < -0.4 is 0 Å². The molecule has 152 valence electrons. The van der Waals surface area contributed by atoms with E-state index in [0.29, 0.717) is 23.8 Å². The summed E-state index contributed by atoms with van der Waals surface area (Å²) in [6.07, 6.45) is 7.97. The molecule has 3 heteroatoms. The van der Waals surface area contributed by atoms with Crippen molar-refractivity contribution in [3.8, 4) is 0 Å². The van der Waals surface area contributed by atoms with Crippen LogP contribution in [-0.2, 0) is 4.79 Å². The van der Waals surface area contributed by atoms with Gasteiger partial charge in [0, 0.05) is 0 Å². The Bertz CT molecular complexity index is 433. The summed E-state index contributed by atoms with van der Waals surface area (Å²) in [7, 11) is 0. The summed E-state index contributed by atoms with van der Waals surface area (Å²) in [5.41, 5.74) is 1.22. The average Bonchev–Trinajstić information content (AvgIpc) is 2.60. The molecule has 26 heavy (non-hydrogen) atoms. The Morgan fingerprint density at radius 3 is 1.73 bits per heavy atom. The van der Waals surface area contributed by atoms with Gasteiger partial charge in [-0.2, -0.15) is 0 Å². The van der Waals surface area contributed by atoms with Crippen molar-refractivity contribution in [2.24, 2.45) is 11.8 Å². The number of amides is 1. The molecule has 1 heterocycles. The quantitative estimate of drug-likeness (QED) is 0.164. The molecule has 1 unspecified atom stereocenters. The maximum absolute atomic E-state index is 13.0. The van der Waals surface area contributed by atoms with E-state index in [-0.39, 0.29) is 0 Å². The molecule has 1 atom stereocenters. The number of hydrogen-bond acceptors (Lipinski definition) is 1. The Balaban J connectivity index is 3.15. The molecule has 1 aliphatic heterocycles. The number of carbonyl (C=O) groups is 1. The van der Waals surface area contributed by atoms with Crippen LogP contribution in [0.15, 0.2) is 9.67 Å². The van der Waals surface area contributed by atoms with Crippen molar-refractivity contribution in [3.05, 3.63) is 9.67 Å². The molecular weight excluding hydrogens is 425 g/mol. The van der Waals surface area contributed by atoms with E-state index >= 15 is 0 Å². The monoisotopic (exact) mass is 471 g/mol. The van der Waals surface area contributed by atoms with E-state index in [9.17, 15) is 4.79 Å². The van der Waals surface area contributed by atoms with E-state index in [0.717, 1.165) is 6.54 Å². The second-order valence-corrected chi connectivity index (χ2v) is 22.2. The molecule has 0 saturated carbocycles. The van der Waals surface area contributed by atoms with Crippen LogP contribution in [0.3, 0.4) is 0 Å². The molecule has 2 nitrogen and oxygen atoms in total. The van der Waals surface area contributed by atoms with Gasteiger partial charge in [-0.05, 0) is 0 Å². The maximum atomic E-state index is 13.0. The van der Waals surface area contributed by atoms with Gasteiger partial charge in [-0.15, -0.1) is 0 Å². The van der Waals surface area contributed by atoms with E-state index < -0.39 is 18.4 Å². The summed E-state index contributed by atoms with van der Waals surface area (Å²) >= 11 is -2.39. The molecular formula is C23H45NOSn. The first kappa shape index (κ1) is 24.0. The van der Waals surface area contributed by atoms with Gasteiger partial charge in [-0.3, -0.25) is 0 Å². The first-order valence-corrected chi connectivity index (χ1v) is 19.1. The second kappa shape index (κ2) is 11.8. The van der Waals surface area contributed by atoms with Crippen LogP contribution in [0.5, 0.6) is 0 Å². The zero-order valence-corrected chi connectivity index (χ0v) is 21.6. The second-order valence-electron chi connectivity index (χ2n) is 9.31. The molecule has 0 bridgehead atoms. The standard InChI is InChI=1S/C11H18NO.3C4H9.Sn/c1-7(2)6-12-10(8(3)4)9(5)11(12)13;3*1-3-4-2;/h5,7-8,10H,6H2,1-4H3;3*1,3-4H2,2H3;. The Labute approximate surface area is 168 Å². The molecule has 0 aromatic heterocycles. The number of rotatable bonds is 13. The van der Waals surface area contributed by atoms with Crippen LogP contribution in [0.25, 0.3) is 0 Å². The Kier molecular flexibility index (Phi) is 10.9. The minimum absolute atomic E-state index is 0.364. The molecule has 0 radical (unpaired) electrons. The molecule has 1 rings (SSSR count).